The largest absolute Gasteiger partial charge is 0.497 e. The van der Waals surface area contributed by atoms with Crippen molar-refractivity contribution in [1.82, 2.24) is 5.32 Å². The van der Waals surface area contributed by atoms with E-state index in [0.29, 0.717) is 5.75 Å². The highest BCUT2D eigenvalue weighted by molar-refractivity contribution is 5.92. The van der Waals surface area contributed by atoms with E-state index in [2.05, 4.69) is 5.32 Å². The van der Waals surface area contributed by atoms with Gasteiger partial charge < -0.3 is 19.5 Å². The normalized spacial score (nSPS) is 13.8. The van der Waals surface area contributed by atoms with Gasteiger partial charge in [0.15, 0.2) is 11.5 Å². The molecule has 1 atom stereocenters. The lowest BCUT2D eigenvalue weighted by Gasteiger charge is -2.13. The molecule has 0 aliphatic carbocycles. The summed E-state index contributed by atoms with van der Waals surface area (Å²) in [7, 11) is 1.63. The van der Waals surface area contributed by atoms with Crippen molar-refractivity contribution in [2.24, 2.45) is 0 Å². The molecule has 0 bridgehead atoms. The van der Waals surface area contributed by atoms with Crippen LogP contribution in [0.3, 0.4) is 0 Å². The van der Waals surface area contributed by atoms with Crippen molar-refractivity contribution in [2.45, 2.75) is 13.0 Å². The first-order valence-corrected chi connectivity index (χ1v) is 7.68. The zero-order valence-corrected chi connectivity index (χ0v) is 13.6. The molecule has 0 saturated carbocycles. The maximum Gasteiger partial charge on any atom is 0.244 e. The molecule has 124 valence electrons. The van der Waals surface area contributed by atoms with Crippen LogP contribution in [-0.4, -0.2) is 19.8 Å². The van der Waals surface area contributed by atoms with Gasteiger partial charge in [-0.3, -0.25) is 4.79 Å². The van der Waals surface area contributed by atoms with E-state index in [1.165, 1.54) is 6.08 Å². The van der Waals surface area contributed by atoms with Crippen LogP contribution >= 0.6 is 0 Å². The van der Waals surface area contributed by atoms with Crippen molar-refractivity contribution < 1.29 is 19.0 Å². The van der Waals surface area contributed by atoms with Crippen LogP contribution in [0, 0.1) is 0 Å². The average Bonchev–Trinajstić information content (AvgIpc) is 3.07. The summed E-state index contributed by atoms with van der Waals surface area (Å²) in [6, 6.07) is 13.1. The van der Waals surface area contributed by atoms with Gasteiger partial charge in [-0.05, 0) is 48.4 Å². The predicted octanol–water partition coefficient (Wildman–Crippen LogP) is 3.31. The summed E-state index contributed by atoms with van der Waals surface area (Å²) in [5.74, 6) is 2.06. The summed E-state index contributed by atoms with van der Waals surface area (Å²) in [5.41, 5.74) is 1.90. The van der Waals surface area contributed by atoms with Crippen LogP contribution in [0.2, 0.25) is 0 Å². The monoisotopic (exact) mass is 325 g/mol. The summed E-state index contributed by atoms with van der Waals surface area (Å²) in [4.78, 5) is 12.1. The molecule has 1 aliphatic heterocycles. The molecule has 0 saturated heterocycles. The maximum atomic E-state index is 12.1. The molecule has 0 unspecified atom stereocenters. The van der Waals surface area contributed by atoms with E-state index in [1.807, 2.05) is 49.4 Å². The van der Waals surface area contributed by atoms with E-state index < -0.39 is 0 Å². The first-order valence-electron chi connectivity index (χ1n) is 7.68. The summed E-state index contributed by atoms with van der Waals surface area (Å²) in [6.07, 6.45) is 3.26. The highest BCUT2D eigenvalue weighted by atomic mass is 16.7. The minimum Gasteiger partial charge on any atom is -0.497 e. The number of nitrogens with one attached hydrogen (secondary N) is 1. The fourth-order valence-corrected chi connectivity index (χ4v) is 2.43. The third-order valence-electron chi connectivity index (χ3n) is 3.80. The van der Waals surface area contributed by atoms with E-state index in [-0.39, 0.29) is 18.7 Å². The zero-order valence-electron chi connectivity index (χ0n) is 13.6. The standard InChI is InChI=1S/C19H19NO4/c1-13(15-5-7-16(22-2)8-6-15)20-19(21)10-4-14-3-9-17-18(11-14)24-12-23-17/h3-11,13H,12H2,1-2H3,(H,20,21)/b10-4+/t13-/m0/s1. The van der Waals surface area contributed by atoms with Crippen molar-refractivity contribution in [3.63, 3.8) is 0 Å². The van der Waals surface area contributed by atoms with Crippen LogP contribution in [0.15, 0.2) is 48.5 Å². The van der Waals surface area contributed by atoms with E-state index in [0.717, 1.165) is 22.6 Å². The van der Waals surface area contributed by atoms with Crippen LogP contribution in [0.1, 0.15) is 24.1 Å². The highest BCUT2D eigenvalue weighted by Crippen LogP contribution is 2.32. The van der Waals surface area contributed by atoms with Gasteiger partial charge in [0.05, 0.1) is 13.2 Å². The van der Waals surface area contributed by atoms with Crippen molar-refractivity contribution in [3.8, 4) is 17.2 Å². The molecule has 0 radical (unpaired) electrons. The number of hydrogen-bond acceptors (Lipinski definition) is 4. The Morgan fingerprint density at radius 1 is 1.17 bits per heavy atom. The van der Waals surface area contributed by atoms with Crippen LogP contribution < -0.4 is 19.5 Å². The maximum absolute atomic E-state index is 12.1. The number of hydrogen-bond donors (Lipinski definition) is 1. The number of carbonyl (C=O) groups excluding carboxylic acids is 1. The highest BCUT2D eigenvalue weighted by Gasteiger charge is 2.12. The molecule has 1 heterocycles. The molecule has 2 aromatic carbocycles. The van der Waals surface area contributed by atoms with Gasteiger partial charge in [-0.25, -0.2) is 0 Å². The Morgan fingerprint density at radius 2 is 1.92 bits per heavy atom. The number of methoxy groups -OCH3 is 1. The molecule has 0 spiro atoms. The minimum atomic E-state index is -0.156. The molecule has 2 aromatic rings. The van der Waals surface area contributed by atoms with Gasteiger partial charge in [-0.15, -0.1) is 0 Å². The topological polar surface area (TPSA) is 56.8 Å². The number of fused-ring (bicyclic) bond motifs is 1. The Kier molecular flexibility index (Phi) is 4.70. The molecule has 0 aromatic heterocycles. The number of ether oxygens (including phenoxy) is 3. The van der Waals surface area contributed by atoms with E-state index in [4.69, 9.17) is 14.2 Å². The van der Waals surface area contributed by atoms with Crippen LogP contribution in [0.25, 0.3) is 6.08 Å². The molecule has 1 amide bonds. The SMILES string of the molecule is COc1ccc([C@H](C)NC(=O)/C=C/c2ccc3c(c2)OCO3)cc1. The van der Waals surface area contributed by atoms with Crippen molar-refractivity contribution in [3.05, 3.63) is 59.7 Å². The van der Waals surface area contributed by atoms with Crippen molar-refractivity contribution >= 4 is 12.0 Å². The van der Waals surface area contributed by atoms with E-state index in [9.17, 15) is 4.79 Å². The van der Waals surface area contributed by atoms with E-state index >= 15 is 0 Å². The van der Waals surface area contributed by atoms with Gasteiger partial charge in [0, 0.05) is 6.08 Å². The third kappa shape index (κ3) is 3.68. The quantitative estimate of drug-likeness (QED) is 0.857. The number of rotatable bonds is 5. The lowest BCUT2D eigenvalue weighted by molar-refractivity contribution is -0.117. The summed E-state index contributed by atoms with van der Waals surface area (Å²) in [5, 5.41) is 2.93. The predicted molar refractivity (Wildman–Crippen MR) is 91.2 cm³/mol. The van der Waals surface area contributed by atoms with Crippen LogP contribution in [0.5, 0.6) is 17.2 Å². The van der Waals surface area contributed by atoms with Crippen LogP contribution in [-0.2, 0) is 4.79 Å². The molecule has 1 N–H and O–H groups in total. The molecular formula is C19H19NO4. The van der Waals surface area contributed by atoms with Gasteiger partial charge in [-0.1, -0.05) is 18.2 Å². The first-order chi connectivity index (χ1) is 11.7. The second-order valence-corrected chi connectivity index (χ2v) is 5.45. The smallest absolute Gasteiger partial charge is 0.244 e. The number of benzene rings is 2. The van der Waals surface area contributed by atoms with Gasteiger partial charge >= 0.3 is 0 Å². The second kappa shape index (κ2) is 7.08. The molecule has 1 aliphatic rings. The minimum absolute atomic E-state index is 0.0928. The zero-order chi connectivity index (χ0) is 16.9. The Bertz CT molecular complexity index is 752. The lowest BCUT2D eigenvalue weighted by atomic mass is 10.1. The fourth-order valence-electron chi connectivity index (χ4n) is 2.43. The fraction of sp³-hybridized carbons (Fsp3) is 0.211. The molecule has 3 rings (SSSR count). The lowest BCUT2D eigenvalue weighted by Crippen LogP contribution is -2.24. The summed E-state index contributed by atoms with van der Waals surface area (Å²) < 4.78 is 15.7. The number of carbonyl (C=O) groups is 1. The van der Waals surface area contributed by atoms with Gasteiger partial charge in [0.1, 0.15) is 5.75 Å². The third-order valence-corrected chi connectivity index (χ3v) is 3.80. The van der Waals surface area contributed by atoms with Crippen molar-refractivity contribution in [2.75, 3.05) is 13.9 Å². The Hall–Kier alpha value is -2.95. The van der Waals surface area contributed by atoms with Crippen molar-refractivity contribution in [1.29, 1.82) is 0 Å². The average molecular weight is 325 g/mol. The second-order valence-electron chi connectivity index (χ2n) is 5.45. The summed E-state index contributed by atoms with van der Waals surface area (Å²) in [6.45, 7) is 2.18. The molecule has 5 heteroatoms. The Balaban J connectivity index is 1.60. The van der Waals surface area contributed by atoms with Gasteiger partial charge in [0.25, 0.3) is 0 Å². The Morgan fingerprint density at radius 3 is 2.67 bits per heavy atom. The summed E-state index contributed by atoms with van der Waals surface area (Å²) >= 11 is 0. The number of amides is 1. The molecule has 0 fully saturated rings. The first kappa shape index (κ1) is 15.9. The van der Waals surface area contributed by atoms with Crippen LogP contribution in [0.4, 0.5) is 0 Å². The van der Waals surface area contributed by atoms with E-state index in [1.54, 1.807) is 13.2 Å². The molecule has 5 nitrogen and oxygen atoms in total. The van der Waals surface area contributed by atoms with Gasteiger partial charge in [0.2, 0.25) is 12.7 Å². The Labute approximate surface area is 140 Å². The van der Waals surface area contributed by atoms with Gasteiger partial charge in [-0.2, -0.15) is 0 Å². The molecule has 24 heavy (non-hydrogen) atoms. The molecular weight excluding hydrogens is 306 g/mol.